The number of benzene rings is 7. The first kappa shape index (κ1) is 34.9. The van der Waals surface area contributed by atoms with Gasteiger partial charge in [-0.1, -0.05) is 131 Å². The molecule has 0 spiro atoms. The minimum absolute atomic E-state index is 0. The van der Waals surface area contributed by atoms with Crippen LogP contribution in [0.5, 0.6) is 11.5 Å². The Labute approximate surface area is 353 Å². The quantitative estimate of drug-likeness (QED) is 0.0984. The van der Waals surface area contributed by atoms with Gasteiger partial charge in [0.25, 0.3) is 0 Å². The maximum absolute atomic E-state index is 6.59. The van der Waals surface area contributed by atoms with Crippen LogP contribution in [0.4, 0.5) is 0 Å². The van der Waals surface area contributed by atoms with Gasteiger partial charge in [-0.15, -0.1) is 30.3 Å². The predicted octanol–water partition coefficient (Wildman–Crippen LogP) is 9.36. The summed E-state index contributed by atoms with van der Waals surface area (Å²) in [5.74, 6) is 1.19. The first-order chi connectivity index (χ1) is 28.3. The van der Waals surface area contributed by atoms with E-state index in [-0.39, 0.29) is 20.4 Å². The van der Waals surface area contributed by atoms with Gasteiger partial charge in [0.1, 0.15) is 5.65 Å². The molecule has 1 aliphatic heterocycles. The van der Waals surface area contributed by atoms with Crippen LogP contribution in [0.15, 0.2) is 192 Å². The Kier molecular flexibility index (Phi) is 8.25. The summed E-state index contributed by atoms with van der Waals surface area (Å²) in [6.07, 6.45) is 5.72. The number of imidazole rings is 1. The van der Waals surface area contributed by atoms with Crippen LogP contribution in [0, 0.1) is 12.1 Å². The van der Waals surface area contributed by atoms with E-state index in [4.69, 9.17) is 14.7 Å². The second kappa shape index (κ2) is 13.7. The maximum atomic E-state index is 6.59. The second-order valence-corrected chi connectivity index (χ2v) is 19.2. The van der Waals surface area contributed by atoms with Gasteiger partial charge in [-0.05, 0) is 62.5 Å². The van der Waals surface area contributed by atoms with Crippen LogP contribution in [0.2, 0.25) is 0 Å². The van der Waals surface area contributed by atoms with Crippen molar-refractivity contribution in [1.82, 2.24) is 18.9 Å². The molecule has 0 bridgehead atoms. The fourth-order valence-electron chi connectivity index (χ4n) is 9.15. The number of pyridine rings is 2. The molecule has 0 N–H and O–H groups in total. The van der Waals surface area contributed by atoms with E-state index in [0.717, 1.165) is 49.6 Å². The molecule has 5 nitrogen and oxygen atoms in total. The smallest absolute Gasteiger partial charge is 0.503 e. The van der Waals surface area contributed by atoms with E-state index < -0.39 is 8.07 Å². The van der Waals surface area contributed by atoms with Gasteiger partial charge in [-0.3, -0.25) is 4.98 Å². The average molecular weight is 869 g/mol. The van der Waals surface area contributed by atoms with Crippen molar-refractivity contribution >= 4 is 89.8 Å². The topological polar surface area (TPSA) is 44.4 Å². The summed E-state index contributed by atoms with van der Waals surface area (Å²) in [5.41, 5.74) is 4.78. The zero-order valence-corrected chi connectivity index (χ0v) is 34.1. The number of fused-ring (bicyclic) bond motifs is 12. The number of rotatable bonds is 5. The molecule has 1 aliphatic rings. The van der Waals surface area contributed by atoms with Gasteiger partial charge >= 0.3 is 20.4 Å². The Hall–Kier alpha value is -6.27. The molecule has 0 aliphatic carbocycles. The molecule has 0 atom stereocenters. The summed E-state index contributed by atoms with van der Waals surface area (Å²) in [7, 11) is -2.87. The fraction of sp³-hybridized carbons (Fsp3) is 0. The second-order valence-electron chi connectivity index (χ2n) is 14.4. The van der Waals surface area contributed by atoms with Gasteiger partial charge in [0.05, 0.1) is 11.2 Å². The van der Waals surface area contributed by atoms with E-state index in [9.17, 15) is 0 Å². The summed E-state index contributed by atoms with van der Waals surface area (Å²) in [6, 6.07) is 66.0. The number of aromatic nitrogens is 4. The molecule has 12 rings (SSSR count). The third-order valence-corrected chi connectivity index (χ3v) is 17.8. The Bertz CT molecular complexity index is 3340. The van der Waals surface area contributed by atoms with E-state index in [2.05, 4.69) is 167 Å². The monoisotopic (exact) mass is 868 g/mol. The van der Waals surface area contributed by atoms with Gasteiger partial charge in [-0.25, -0.2) is 4.98 Å². The molecule has 0 fully saturated rings. The molecule has 7 aromatic carbocycles. The zero-order valence-electron chi connectivity index (χ0n) is 30.7. The summed E-state index contributed by atoms with van der Waals surface area (Å²) < 4.78 is 11.0. The van der Waals surface area contributed by atoms with Crippen LogP contribution in [0.1, 0.15) is 0 Å². The number of para-hydroxylation sites is 1. The molecule has 276 valence electrons. The first-order valence-electron chi connectivity index (χ1n) is 19.0. The van der Waals surface area contributed by atoms with Crippen LogP contribution >= 0.6 is 11.8 Å². The van der Waals surface area contributed by atoms with Crippen molar-refractivity contribution in [2.45, 2.75) is 9.79 Å². The third-order valence-electron chi connectivity index (χ3n) is 11.4. The van der Waals surface area contributed by atoms with Crippen molar-refractivity contribution in [2.75, 3.05) is 0 Å². The van der Waals surface area contributed by atoms with Gasteiger partial charge in [-0.2, -0.15) is 6.07 Å². The van der Waals surface area contributed by atoms with Crippen LogP contribution in [-0.4, -0.2) is 27.0 Å². The Morgan fingerprint density at radius 1 is 0.534 bits per heavy atom. The van der Waals surface area contributed by atoms with Gasteiger partial charge in [0.2, 0.25) is 0 Å². The van der Waals surface area contributed by atoms with Gasteiger partial charge in [0.15, 0.2) is 8.07 Å². The van der Waals surface area contributed by atoms with Crippen molar-refractivity contribution < 1.29 is 25.2 Å². The van der Waals surface area contributed by atoms with Gasteiger partial charge < -0.3 is 13.7 Å². The van der Waals surface area contributed by atoms with Crippen molar-refractivity contribution in [3.8, 4) is 17.2 Å². The Morgan fingerprint density at radius 2 is 1.26 bits per heavy atom. The van der Waals surface area contributed by atoms with E-state index in [1.165, 1.54) is 35.9 Å². The summed E-state index contributed by atoms with van der Waals surface area (Å²) in [4.78, 5) is 12.4. The molecule has 0 radical (unpaired) electrons. The number of ether oxygens (including phenoxy) is 1. The number of hydrogen-bond donors (Lipinski definition) is 0. The van der Waals surface area contributed by atoms with E-state index in [1.54, 1.807) is 0 Å². The van der Waals surface area contributed by atoms with Crippen molar-refractivity contribution in [3.63, 3.8) is 0 Å². The van der Waals surface area contributed by atoms with Crippen LogP contribution in [0.25, 0.3) is 54.9 Å². The predicted molar refractivity (Wildman–Crippen MR) is 234 cm³/mol. The number of nitrogens with zero attached hydrogens (tertiary/aromatic N) is 4. The van der Waals surface area contributed by atoms with Crippen molar-refractivity contribution in [1.29, 1.82) is 0 Å². The summed E-state index contributed by atoms with van der Waals surface area (Å²) in [6.45, 7) is 0. The van der Waals surface area contributed by atoms with E-state index in [0.29, 0.717) is 11.5 Å². The fourth-order valence-corrected chi connectivity index (χ4v) is 16.4. The maximum Gasteiger partial charge on any atom is 2.00 e. The molecule has 58 heavy (non-hydrogen) atoms. The Balaban J connectivity index is 0.00000385. The Morgan fingerprint density at radius 3 is 2.10 bits per heavy atom. The van der Waals surface area contributed by atoms with Crippen LogP contribution in [0.3, 0.4) is 0 Å². The van der Waals surface area contributed by atoms with Crippen molar-refractivity contribution in [2.24, 2.45) is 0 Å². The molecular weight excluding hydrogens is 839 g/mol. The molecule has 0 unspecified atom stereocenters. The van der Waals surface area contributed by atoms with Gasteiger partial charge in [0, 0.05) is 56.2 Å². The van der Waals surface area contributed by atoms with E-state index in [1.807, 2.05) is 48.6 Å². The van der Waals surface area contributed by atoms with E-state index >= 15 is 0 Å². The van der Waals surface area contributed by atoms with Crippen LogP contribution in [-0.2, 0) is 20.4 Å². The normalized spacial score (nSPS) is 13.1. The minimum Gasteiger partial charge on any atom is -0.503 e. The van der Waals surface area contributed by atoms with Crippen molar-refractivity contribution in [3.05, 3.63) is 195 Å². The average Bonchev–Trinajstić information content (AvgIpc) is 3.91. The molecule has 11 aromatic rings. The summed E-state index contributed by atoms with van der Waals surface area (Å²) >= 11 is 1.88. The third kappa shape index (κ3) is 5.06. The first-order valence-corrected chi connectivity index (χ1v) is 21.8. The molecule has 0 saturated heterocycles. The molecule has 0 amide bonds. The minimum atomic E-state index is -2.87. The SMILES string of the molecule is [Pd+2].[c-]1c(Oc2[c-]c3c(cc2)c2ccccc2n2ccnc32)cccc1-n1c2ccc3c(c2c2cccnc21)[Si](c1ccccc1)(c1ccccc1)c1ccccc1S3. The summed E-state index contributed by atoms with van der Waals surface area (Å²) in [5, 5.41) is 11.0. The molecule has 0 saturated carbocycles. The largest absolute Gasteiger partial charge is 2.00 e. The standard InChI is InChI=1S/C50H30N4OSSi.Pd/c1-3-15-36(16-4-1)57(37-17-5-2-6-18-37)46-23-10-9-22-44(46)56-45-27-26-43-47(48(45)57)40-20-12-28-51-50(40)54(43)33-13-11-14-34(31-33)55-35-24-25-38-39-19-7-8-21-42(39)53-30-29-52-49(53)41(38)32-35;/h1-30H;/q-2;+2. The molecule has 8 heteroatoms. The van der Waals surface area contributed by atoms with Crippen LogP contribution < -0.4 is 25.5 Å². The molecule has 5 heterocycles. The number of hydrogen-bond acceptors (Lipinski definition) is 4. The molecular formula is C50H30N4OPdSSi. The molecule has 4 aromatic heterocycles. The zero-order chi connectivity index (χ0) is 37.5.